The first-order chi connectivity index (χ1) is 9.06. The van der Waals surface area contributed by atoms with Gasteiger partial charge in [-0.1, -0.05) is 35.0 Å². The molecule has 1 aromatic carbocycles. The van der Waals surface area contributed by atoms with Gasteiger partial charge in [-0.2, -0.15) is 4.98 Å². The molecule has 0 bridgehead atoms. The first kappa shape index (κ1) is 16.1. The lowest BCUT2D eigenvalue weighted by Gasteiger charge is -2.11. The van der Waals surface area contributed by atoms with Crippen LogP contribution in [0.15, 0.2) is 28.8 Å². The van der Waals surface area contributed by atoms with Gasteiger partial charge in [0.05, 0.1) is 6.54 Å². The average Bonchev–Trinajstić information content (AvgIpc) is 2.82. The Labute approximate surface area is 123 Å². The van der Waals surface area contributed by atoms with Crippen LogP contribution in [0.4, 0.5) is 0 Å². The lowest BCUT2D eigenvalue weighted by atomic mass is 10.1. The molecule has 20 heavy (non-hydrogen) atoms. The molecular formula is C13H17ClN4O2. The number of nitrogens with zero attached hydrogens (tertiary/aromatic N) is 2. The van der Waals surface area contributed by atoms with Gasteiger partial charge in [0.2, 0.25) is 11.8 Å². The first-order valence-electron chi connectivity index (χ1n) is 5.95. The van der Waals surface area contributed by atoms with Gasteiger partial charge in [-0.25, -0.2) is 0 Å². The molecule has 3 N–H and O–H groups in total. The Balaban J connectivity index is 0.00000200. The van der Waals surface area contributed by atoms with E-state index in [-0.39, 0.29) is 24.9 Å². The molecule has 7 heteroatoms. The maximum atomic E-state index is 11.9. The second-order valence-corrected chi connectivity index (χ2v) is 4.34. The Hall–Kier alpha value is -1.92. The van der Waals surface area contributed by atoms with Crippen molar-refractivity contribution < 1.29 is 9.32 Å². The van der Waals surface area contributed by atoms with Crippen LogP contribution < -0.4 is 11.1 Å². The summed E-state index contributed by atoms with van der Waals surface area (Å²) in [5.74, 6) is 0.625. The molecule has 1 aromatic heterocycles. The number of nitrogens with two attached hydrogens (primary N) is 1. The molecule has 1 atom stereocenters. The van der Waals surface area contributed by atoms with Crippen LogP contribution in [0.2, 0.25) is 0 Å². The Morgan fingerprint density at radius 3 is 2.55 bits per heavy atom. The van der Waals surface area contributed by atoms with E-state index < -0.39 is 6.04 Å². The lowest BCUT2D eigenvalue weighted by Crippen LogP contribution is -2.33. The van der Waals surface area contributed by atoms with Crippen LogP contribution in [-0.2, 0) is 11.3 Å². The monoisotopic (exact) mass is 296 g/mol. The lowest BCUT2D eigenvalue weighted by molar-refractivity contribution is -0.122. The number of aryl methyl sites for hydroxylation is 2. The zero-order valence-corrected chi connectivity index (χ0v) is 12.1. The highest BCUT2D eigenvalue weighted by Gasteiger charge is 2.16. The van der Waals surface area contributed by atoms with Gasteiger partial charge in [-0.15, -0.1) is 12.4 Å². The van der Waals surface area contributed by atoms with E-state index in [0.29, 0.717) is 11.7 Å². The van der Waals surface area contributed by atoms with Gasteiger partial charge in [0.25, 0.3) is 0 Å². The third-order valence-electron chi connectivity index (χ3n) is 2.71. The van der Waals surface area contributed by atoms with Crippen LogP contribution in [0.1, 0.15) is 28.9 Å². The number of aromatic nitrogens is 2. The number of hydrogen-bond donors (Lipinski definition) is 2. The highest BCUT2D eigenvalue weighted by atomic mass is 35.5. The van der Waals surface area contributed by atoms with Gasteiger partial charge >= 0.3 is 0 Å². The first-order valence-corrected chi connectivity index (χ1v) is 5.95. The zero-order chi connectivity index (χ0) is 13.8. The van der Waals surface area contributed by atoms with Crippen molar-refractivity contribution in [1.29, 1.82) is 0 Å². The molecule has 0 fully saturated rings. The molecule has 1 heterocycles. The van der Waals surface area contributed by atoms with Crippen molar-refractivity contribution in [3.63, 3.8) is 0 Å². The van der Waals surface area contributed by atoms with Gasteiger partial charge in [0, 0.05) is 6.92 Å². The second kappa shape index (κ2) is 7.02. The Morgan fingerprint density at radius 1 is 1.35 bits per heavy atom. The molecule has 0 radical (unpaired) electrons. The number of amides is 1. The molecule has 0 aliphatic heterocycles. The highest BCUT2D eigenvalue weighted by Crippen LogP contribution is 2.11. The maximum Gasteiger partial charge on any atom is 0.241 e. The van der Waals surface area contributed by atoms with Crippen molar-refractivity contribution >= 4 is 18.3 Å². The van der Waals surface area contributed by atoms with E-state index >= 15 is 0 Å². The molecule has 0 saturated carbocycles. The minimum Gasteiger partial charge on any atom is -0.347 e. The van der Waals surface area contributed by atoms with Crippen LogP contribution in [0.25, 0.3) is 0 Å². The minimum atomic E-state index is -0.700. The topological polar surface area (TPSA) is 94.0 Å². The number of hydrogen-bond acceptors (Lipinski definition) is 5. The van der Waals surface area contributed by atoms with Gasteiger partial charge in [0.1, 0.15) is 6.04 Å². The smallest absolute Gasteiger partial charge is 0.241 e. The summed E-state index contributed by atoms with van der Waals surface area (Å²) >= 11 is 0. The van der Waals surface area contributed by atoms with Crippen molar-refractivity contribution in [2.75, 3.05) is 0 Å². The number of carbonyl (C=O) groups is 1. The third-order valence-corrected chi connectivity index (χ3v) is 2.71. The Morgan fingerprint density at radius 2 is 2.00 bits per heavy atom. The molecular weight excluding hydrogens is 280 g/mol. The summed E-state index contributed by atoms with van der Waals surface area (Å²) in [7, 11) is 0. The third kappa shape index (κ3) is 4.04. The summed E-state index contributed by atoms with van der Waals surface area (Å²) in [6.07, 6.45) is 0. The number of nitrogens with one attached hydrogen (secondary N) is 1. The normalized spacial score (nSPS) is 11.6. The zero-order valence-electron chi connectivity index (χ0n) is 11.3. The van der Waals surface area contributed by atoms with E-state index in [1.54, 1.807) is 6.92 Å². The van der Waals surface area contributed by atoms with E-state index in [4.69, 9.17) is 10.3 Å². The molecule has 2 rings (SSSR count). The predicted octanol–water partition coefficient (Wildman–Crippen LogP) is 1.42. The molecule has 0 aliphatic rings. The molecule has 6 nitrogen and oxygen atoms in total. The summed E-state index contributed by atoms with van der Waals surface area (Å²) in [4.78, 5) is 15.9. The maximum absolute atomic E-state index is 11.9. The van der Waals surface area contributed by atoms with Crippen molar-refractivity contribution in [3.05, 3.63) is 47.1 Å². The minimum absolute atomic E-state index is 0. The Bertz CT molecular complexity index is 568. The Kier molecular flexibility index (Phi) is 5.66. The molecule has 0 saturated heterocycles. The van der Waals surface area contributed by atoms with Crippen molar-refractivity contribution in [1.82, 2.24) is 15.5 Å². The largest absolute Gasteiger partial charge is 0.347 e. The summed E-state index contributed by atoms with van der Waals surface area (Å²) in [5, 5.41) is 6.37. The van der Waals surface area contributed by atoms with Crippen molar-refractivity contribution in [3.8, 4) is 0 Å². The summed E-state index contributed by atoms with van der Waals surface area (Å²) in [6.45, 7) is 3.88. The average molecular weight is 297 g/mol. The fourth-order valence-electron chi connectivity index (χ4n) is 1.61. The molecule has 0 spiro atoms. The predicted molar refractivity (Wildman–Crippen MR) is 76.2 cm³/mol. The van der Waals surface area contributed by atoms with E-state index in [0.717, 1.165) is 11.1 Å². The van der Waals surface area contributed by atoms with E-state index in [1.807, 2.05) is 31.2 Å². The molecule has 1 amide bonds. The van der Waals surface area contributed by atoms with Crippen LogP contribution in [0, 0.1) is 13.8 Å². The highest BCUT2D eigenvalue weighted by molar-refractivity contribution is 5.85. The number of halogens is 1. The summed E-state index contributed by atoms with van der Waals surface area (Å²) in [6, 6.07) is 6.83. The standard InChI is InChI=1S/C13H16N4O2.ClH/c1-8-3-5-10(6-4-8)12(14)13(18)15-7-11-16-9(2)19-17-11;/h3-6,12H,7,14H2,1-2H3,(H,15,18);1H. The molecule has 108 valence electrons. The van der Waals surface area contributed by atoms with E-state index in [1.165, 1.54) is 0 Å². The fraction of sp³-hybridized carbons (Fsp3) is 0.308. The SMILES string of the molecule is Cc1ccc(C(N)C(=O)NCc2noc(C)n2)cc1.Cl. The number of rotatable bonds is 4. The van der Waals surface area contributed by atoms with Crippen molar-refractivity contribution in [2.45, 2.75) is 26.4 Å². The summed E-state index contributed by atoms with van der Waals surface area (Å²) < 4.78 is 4.81. The van der Waals surface area contributed by atoms with Gasteiger partial charge in [-0.05, 0) is 12.5 Å². The molecule has 0 aliphatic carbocycles. The summed E-state index contributed by atoms with van der Waals surface area (Å²) in [5.41, 5.74) is 7.78. The van der Waals surface area contributed by atoms with Crippen molar-refractivity contribution in [2.24, 2.45) is 5.73 Å². The van der Waals surface area contributed by atoms with Crippen LogP contribution >= 0.6 is 12.4 Å². The molecule has 2 aromatic rings. The number of benzene rings is 1. The number of carbonyl (C=O) groups excluding carboxylic acids is 1. The van der Waals surface area contributed by atoms with Gasteiger partial charge in [0.15, 0.2) is 5.82 Å². The van der Waals surface area contributed by atoms with E-state index in [2.05, 4.69) is 15.5 Å². The van der Waals surface area contributed by atoms with Crippen LogP contribution in [0.5, 0.6) is 0 Å². The molecule has 1 unspecified atom stereocenters. The van der Waals surface area contributed by atoms with Gasteiger partial charge in [-0.3, -0.25) is 4.79 Å². The van der Waals surface area contributed by atoms with Crippen LogP contribution in [-0.4, -0.2) is 16.0 Å². The fourth-order valence-corrected chi connectivity index (χ4v) is 1.61. The second-order valence-electron chi connectivity index (χ2n) is 4.34. The van der Waals surface area contributed by atoms with E-state index in [9.17, 15) is 4.79 Å². The van der Waals surface area contributed by atoms with Gasteiger partial charge < -0.3 is 15.6 Å². The quantitative estimate of drug-likeness (QED) is 0.890. The van der Waals surface area contributed by atoms with Crippen LogP contribution in [0.3, 0.4) is 0 Å².